The molecule has 1 aliphatic carbocycles. The van der Waals surface area contributed by atoms with Gasteiger partial charge in [-0.25, -0.2) is 4.39 Å². The van der Waals surface area contributed by atoms with Crippen LogP contribution in [0.4, 0.5) is 15.8 Å². The van der Waals surface area contributed by atoms with Gasteiger partial charge in [-0.1, -0.05) is 11.6 Å². The molecule has 4 N–H and O–H groups in total. The maximum atomic E-state index is 14.7. The highest BCUT2D eigenvalue weighted by molar-refractivity contribution is 6.30. The first kappa shape index (κ1) is 29.1. The smallest absolute Gasteiger partial charge is 0.257 e. The molecule has 0 bridgehead atoms. The number of nitrogens with zero attached hydrogens (tertiary/aromatic N) is 5. The second-order valence-corrected chi connectivity index (χ2v) is 11.7. The van der Waals surface area contributed by atoms with E-state index in [0.29, 0.717) is 41.5 Å². The molecule has 0 radical (unpaired) electrons. The number of carbonyl (C=O) groups excluding carboxylic acids is 1. The van der Waals surface area contributed by atoms with E-state index in [-0.39, 0.29) is 35.5 Å². The minimum Gasteiger partial charge on any atom is -0.475 e. The summed E-state index contributed by atoms with van der Waals surface area (Å²) in [7, 11) is 2.07. The fraction of sp³-hybridized carbons (Fsp3) is 0.448. The first-order valence-electron chi connectivity index (χ1n) is 13.7. The van der Waals surface area contributed by atoms with Crippen LogP contribution in [0, 0.1) is 11.7 Å². The van der Waals surface area contributed by atoms with Gasteiger partial charge >= 0.3 is 0 Å². The van der Waals surface area contributed by atoms with Crippen LogP contribution in [0.2, 0.25) is 5.02 Å². The molecule has 2 aliphatic rings. The molecule has 3 aromatic rings. The molecule has 0 spiro atoms. The van der Waals surface area contributed by atoms with Crippen LogP contribution in [0.25, 0.3) is 11.3 Å². The van der Waals surface area contributed by atoms with E-state index < -0.39 is 17.3 Å². The first-order valence-corrected chi connectivity index (χ1v) is 14.1. The third-order valence-corrected chi connectivity index (χ3v) is 7.89. The summed E-state index contributed by atoms with van der Waals surface area (Å²) < 4.78 is 20.7. The zero-order valence-electron chi connectivity index (χ0n) is 23.2. The summed E-state index contributed by atoms with van der Waals surface area (Å²) in [6, 6.07) is 9.31. The largest absolute Gasteiger partial charge is 0.475 e. The summed E-state index contributed by atoms with van der Waals surface area (Å²) in [5.41, 5.74) is 7.31. The topological polar surface area (TPSA) is 130 Å². The minimum absolute atomic E-state index is 0.148. The summed E-state index contributed by atoms with van der Waals surface area (Å²) in [6.45, 7) is 5.52. The Labute approximate surface area is 243 Å². The van der Waals surface area contributed by atoms with Crippen LogP contribution in [0.3, 0.4) is 0 Å². The Morgan fingerprint density at radius 2 is 1.98 bits per heavy atom. The van der Waals surface area contributed by atoms with Crippen LogP contribution in [0.15, 0.2) is 42.6 Å². The number of likely N-dealkylation sites (N-methyl/N-ethyl adjacent to an activating group) is 1. The van der Waals surface area contributed by atoms with Crippen molar-refractivity contribution >= 4 is 28.9 Å². The molecule has 3 heterocycles. The van der Waals surface area contributed by atoms with Gasteiger partial charge in [0.1, 0.15) is 11.5 Å². The number of primary amides is 1. The van der Waals surface area contributed by atoms with E-state index in [0.717, 1.165) is 26.2 Å². The van der Waals surface area contributed by atoms with Crippen LogP contribution in [0.5, 0.6) is 5.88 Å². The van der Waals surface area contributed by atoms with Crippen molar-refractivity contribution in [2.75, 3.05) is 45.2 Å². The van der Waals surface area contributed by atoms with Crippen molar-refractivity contribution in [2.24, 2.45) is 11.7 Å². The third-order valence-electron chi connectivity index (χ3n) is 7.65. The van der Waals surface area contributed by atoms with E-state index in [1.165, 1.54) is 18.2 Å². The molecule has 12 heteroatoms. The number of nitrogens with one attached hydrogen (secondary N) is 1. The van der Waals surface area contributed by atoms with Gasteiger partial charge in [0.15, 0.2) is 0 Å². The van der Waals surface area contributed by atoms with Gasteiger partial charge in [-0.2, -0.15) is 0 Å². The molecule has 41 heavy (non-hydrogen) atoms. The van der Waals surface area contributed by atoms with Crippen LogP contribution in [-0.4, -0.2) is 81.4 Å². The Balaban J connectivity index is 1.43. The van der Waals surface area contributed by atoms with Crippen LogP contribution >= 0.6 is 11.6 Å². The van der Waals surface area contributed by atoms with Crippen molar-refractivity contribution in [3.63, 3.8) is 0 Å². The maximum absolute atomic E-state index is 14.7. The monoisotopic (exact) mass is 583 g/mol. The maximum Gasteiger partial charge on any atom is 0.257 e. The average molecular weight is 584 g/mol. The molecular formula is C29H35ClFN7O3. The second-order valence-electron chi connectivity index (χ2n) is 11.3. The van der Waals surface area contributed by atoms with Crippen molar-refractivity contribution in [2.45, 2.75) is 37.8 Å². The van der Waals surface area contributed by atoms with Crippen LogP contribution < -0.4 is 15.8 Å². The molecule has 1 amide bonds. The lowest BCUT2D eigenvalue weighted by Crippen LogP contribution is -2.46. The van der Waals surface area contributed by atoms with Crippen LogP contribution in [0.1, 0.15) is 37.9 Å². The number of anilines is 2. The number of hydrogen-bond acceptors (Lipinski definition) is 9. The lowest BCUT2D eigenvalue weighted by molar-refractivity contribution is -0.119. The van der Waals surface area contributed by atoms with Gasteiger partial charge in [-0.3, -0.25) is 14.7 Å². The number of carbonyl (C=O) groups is 1. The number of aliphatic hydroxyl groups is 1. The molecule has 10 nitrogen and oxygen atoms in total. The van der Waals surface area contributed by atoms with E-state index in [9.17, 15) is 14.3 Å². The number of piperazine rings is 1. The summed E-state index contributed by atoms with van der Waals surface area (Å²) in [5, 5.41) is 22.3. The van der Waals surface area contributed by atoms with Crippen molar-refractivity contribution < 1.29 is 19.0 Å². The van der Waals surface area contributed by atoms with Crippen molar-refractivity contribution in [1.82, 2.24) is 25.0 Å². The van der Waals surface area contributed by atoms with Crippen LogP contribution in [-0.2, 0) is 4.79 Å². The molecule has 5 rings (SSSR count). The predicted octanol–water partition coefficient (Wildman–Crippen LogP) is 3.78. The molecule has 218 valence electrons. The van der Waals surface area contributed by atoms with E-state index in [1.807, 2.05) is 6.07 Å². The number of ether oxygens (including phenoxy) is 1. The average Bonchev–Trinajstić information content (AvgIpc) is 2.92. The second kappa shape index (κ2) is 12.2. The normalized spacial score (nSPS) is 22.1. The quantitative estimate of drug-likeness (QED) is 0.326. The van der Waals surface area contributed by atoms with E-state index >= 15 is 0 Å². The molecule has 1 aromatic carbocycles. The van der Waals surface area contributed by atoms with Gasteiger partial charge in [0.05, 0.1) is 29.6 Å². The van der Waals surface area contributed by atoms with Gasteiger partial charge < -0.3 is 25.8 Å². The van der Waals surface area contributed by atoms with Gasteiger partial charge in [0.25, 0.3) is 5.88 Å². The molecular weight excluding hydrogens is 549 g/mol. The lowest BCUT2D eigenvalue weighted by Gasteiger charge is -2.40. The third kappa shape index (κ3) is 7.28. The highest BCUT2D eigenvalue weighted by atomic mass is 35.5. The Kier molecular flexibility index (Phi) is 8.69. The lowest BCUT2D eigenvalue weighted by atomic mass is 9.73. The van der Waals surface area contributed by atoms with Crippen molar-refractivity contribution in [1.29, 1.82) is 0 Å². The Hall–Kier alpha value is -3.38. The first-order chi connectivity index (χ1) is 19.6. The molecule has 2 aromatic heterocycles. The minimum atomic E-state index is -0.673. The standard InChI is InChI=1S/C29H35ClFN7O3/c1-29(40)15-18(16-29)17-41-28-25(13-23(35-36-28)21-11-19(30)3-4-22(21)31)34-20-5-6-33-24(12-20)26(14-27(32)39)38-9-7-37(2)8-10-38/h3-6,11-13,18,26,40H,7-10,14-17H2,1-2H3,(H2,32,39)(H,33,34,35). The summed E-state index contributed by atoms with van der Waals surface area (Å²) in [6.07, 6.45) is 3.09. The highest BCUT2D eigenvalue weighted by Crippen LogP contribution is 2.38. The van der Waals surface area contributed by atoms with Gasteiger partial charge in [0, 0.05) is 55.1 Å². The van der Waals surface area contributed by atoms with E-state index in [2.05, 4.69) is 37.3 Å². The van der Waals surface area contributed by atoms with Gasteiger partial charge in [0.2, 0.25) is 5.91 Å². The zero-order valence-corrected chi connectivity index (χ0v) is 23.9. The molecule has 1 unspecified atom stereocenters. The Morgan fingerprint density at radius 3 is 2.68 bits per heavy atom. The molecule has 1 atom stereocenters. The van der Waals surface area contributed by atoms with Crippen molar-refractivity contribution in [3.8, 4) is 17.1 Å². The molecule has 1 saturated heterocycles. The predicted molar refractivity (Wildman–Crippen MR) is 154 cm³/mol. The van der Waals surface area contributed by atoms with E-state index in [1.54, 1.807) is 25.3 Å². The SMILES string of the molecule is CN1CCN(C(CC(N)=O)c2cc(Nc3cc(-c4cc(Cl)ccc4F)nnc3OCC3CC(C)(O)C3)ccn2)CC1. The number of halogens is 2. The van der Waals surface area contributed by atoms with E-state index in [4.69, 9.17) is 22.1 Å². The number of amides is 1. The zero-order chi connectivity index (χ0) is 29.1. The Morgan fingerprint density at radius 1 is 1.22 bits per heavy atom. The number of nitrogens with two attached hydrogens (primary N) is 1. The molecule has 1 aliphatic heterocycles. The number of rotatable bonds is 10. The van der Waals surface area contributed by atoms with Gasteiger partial charge in [-0.15, -0.1) is 10.2 Å². The fourth-order valence-electron chi connectivity index (χ4n) is 5.51. The number of hydrogen-bond donors (Lipinski definition) is 3. The summed E-state index contributed by atoms with van der Waals surface area (Å²) in [5.74, 6) is -0.442. The number of benzene rings is 1. The fourth-order valence-corrected chi connectivity index (χ4v) is 5.68. The number of aromatic nitrogens is 3. The van der Waals surface area contributed by atoms with Crippen molar-refractivity contribution in [3.05, 3.63) is 59.1 Å². The molecule has 2 fully saturated rings. The number of pyridine rings is 1. The Bertz CT molecular complexity index is 1390. The molecule has 1 saturated carbocycles. The highest BCUT2D eigenvalue weighted by Gasteiger charge is 2.38. The summed E-state index contributed by atoms with van der Waals surface area (Å²) in [4.78, 5) is 21.0. The van der Waals surface area contributed by atoms with Gasteiger partial charge in [-0.05, 0) is 69.1 Å². The summed E-state index contributed by atoms with van der Waals surface area (Å²) >= 11 is 6.13.